The Morgan fingerprint density at radius 2 is 2.00 bits per heavy atom. The van der Waals surface area contributed by atoms with E-state index in [9.17, 15) is 0 Å². The van der Waals surface area contributed by atoms with Crippen LogP contribution in [0.15, 0.2) is 0 Å². The van der Waals surface area contributed by atoms with E-state index in [-0.39, 0.29) is 0 Å². The summed E-state index contributed by atoms with van der Waals surface area (Å²) in [5.41, 5.74) is 0. The van der Waals surface area contributed by atoms with Gasteiger partial charge in [-0.3, -0.25) is 0 Å². The SMILES string of the molecule is O[SiH]([SiH3])Cl. The van der Waals surface area contributed by atoms with Gasteiger partial charge in [0.25, 0.3) is 0 Å². The second-order valence-electron chi connectivity index (χ2n) is 0.574. The van der Waals surface area contributed by atoms with Crippen LogP contribution < -0.4 is 0 Å². The fourth-order valence-corrected chi connectivity index (χ4v) is 0. The molecule has 1 nitrogen and oxygen atoms in total. The predicted molar refractivity (Wildman–Crippen MR) is 25.2 cm³/mol. The van der Waals surface area contributed by atoms with Crippen LogP contribution in [0.5, 0.6) is 0 Å². The fourth-order valence-electron chi connectivity index (χ4n) is 0. The molecular formula is H5ClOSi2. The van der Waals surface area contributed by atoms with Crippen molar-refractivity contribution >= 4 is 28.7 Å². The summed E-state index contributed by atoms with van der Waals surface area (Å²) in [5.74, 6) is 0. The van der Waals surface area contributed by atoms with Crippen molar-refractivity contribution in [1.82, 2.24) is 0 Å². The average molecular weight is 113 g/mol. The van der Waals surface area contributed by atoms with E-state index in [1.54, 1.807) is 0 Å². The van der Waals surface area contributed by atoms with E-state index in [1.165, 1.54) is 0 Å². The van der Waals surface area contributed by atoms with Crippen LogP contribution in [-0.4, -0.2) is 22.4 Å². The molecule has 1 atom stereocenters. The minimum atomic E-state index is -1.53. The molecule has 0 radical (unpaired) electrons. The van der Waals surface area contributed by atoms with Gasteiger partial charge in [0.15, 0.2) is 0 Å². The van der Waals surface area contributed by atoms with E-state index in [1.807, 2.05) is 0 Å². The van der Waals surface area contributed by atoms with Crippen LogP contribution in [0.4, 0.5) is 0 Å². The van der Waals surface area contributed by atoms with E-state index >= 15 is 0 Å². The summed E-state index contributed by atoms with van der Waals surface area (Å²) in [6.45, 7) is 0. The molecule has 0 aliphatic rings. The van der Waals surface area contributed by atoms with Gasteiger partial charge >= 0.3 is 0 Å². The van der Waals surface area contributed by atoms with Crippen molar-refractivity contribution in [3.8, 4) is 0 Å². The summed E-state index contributed by atoms with van der Waals surface area (Å²) in [4.78, 5) is 8.02. The van der Waals surface area contributed by atoms with Crippen molar-refractivity contribution in [1.29, 1.82) is 0 Å². The van der Waals surface area contributed by atoms with Crippen LogP contribution in [0.3, 0.4) is 0 Å². The third-order valence-electron chi connectivity index (χ3n) is 0. The Morgan fingerprint density at radius 1 is 2.00 bits per heavy atom. The highest BCUT2D eigenvalue weighted by Crippen LogP contribution is 1.66. The maximum Gasteiger partial charge on any atom is 0.243 e. The summed E-state index contributed by atoms with van der Waals surface area (Å²) in [7, 11) is -0.719. The van der Waals surface area contributed by atoms with Crippen molar-refractivity contribution in [2.24, 2.45) is 0 Å². The van der Waals surface area contributed by atoms with Gasteiger partial charge in [-0.1, -0.05) is 0 Å². The Labute approximate surface area is 34.2 Å². The molecule has 0 saturated heterocycles. The lowest BCUT2D eigenvalue weighted by Gasteiger charge is -1.72. The van der Waals surface area contributed by atoms with Gasteiger partial charge in [0.05, 0.1) is 0 Å². The molecule has 1 unspecified atom stereocenters. The number of halogens is 1. The maximum atomic E-state index is 8.02. The summed E-state index contributed by atoms with van der Waals surface area (Å²) in [5, 5.41) is 0. The Morgan fingerprint density at radius 3 is 2.00 bits per heavy atom. The normalized spacial score (nSPS) is 16.5. The molecule has 0 spiro atoms. The molecule has 0 heterocycles. The molecule has 4 heavy (non-hydrogen) atoms. The van der Waals surface area contributed by atoms with E-state index in [4.69, 9.17) is 15.9 Å². The molecule has 0 aliphatic carbocycles. The minimum Gasteiger partial charge on any atom is -0.424 e. The standard InChI is InChI=1S/ClH5OSi2/c1-4(2)3/h2,4H,3H3. The first kappa shape index (κ1) is 4.68. The highest BCUT2D eigenvalue weighted by molar-refractivity contribution is 7.27. The zero-order valence-corrected chi connectivity index (χ0v) is 6.31. The summed E-state index contributed by atoms with van der Waals surface area (Å²) >= 11 is 5.03. The van der Waals surface area contributed by atoms with E-state index < -0.39 is 7.87 Å². The lowest BCUT2D eigenvalue weighted by Crippen LogP contribution is -1.97. The monoisotopic (exact) mass is 112 g/mol. The molecule has 0 aromatic heterocycles. The van der Waals surface area contributed by atoms with Crippen LogP contribution in [-0.2, 0) is 0 Å². The smallest absolute Gasteiger partial charge is 0.243 e. The van der Waals surface area contributed by atoms with Gasteiger partial charge in [0.1, 0.15) is 0 Å². The van der Waals surface area contributed by atoms with Gasteiger partial charge in [-0.15, -0.1) is 11.1 Å². The first-order chi connectivity index (χ1) is 1.73. The minimum absolute atomic E-state index is 0.809. The van der Waals surface area contributed by atoms with Crippen molar-refractivity contribution < 1.29 is 4.80 Å². The van der Waals surface area contributed by atoms with Gasteiger partial charge in [-0.2, -0.15) is 0 Å². The topological polar surface area (TPSA) is 20.2 Å². The van der Waals surface area contributed by atoms with Gasteiger partial charge in [0.2, 0.25) is 7.87 Å². The van der Waals surface area contributed by atoms with Crippen molar-refractivity contribution in [2.45, 2.75) is 0 Å². The van der Waals surface area contributed by atoms with Gasteiger partial charge in [-0.05, 0) is 0 Å². The maximum absolute atomic E-state index is 8.02. The van der Waals surface area contributed by atoms with Gasteiger partial charge < -0.3 is 4.80 Å². The number of rotatable bonds is 0. The molecule has 4 heteroatoms. The molecular weight excluding hydrogens is 108 g/mol. The Hall–Kier alpha value is 0.684. The summed E-state index contributed by atoms with van der Waals surface area (Å²) in [6, 6.07) is 0. The molecule has 0 amide bonds. The third kappa shape index (κ3) is 16.3. The zero-order chi connectivity index (χ0) is 3.58. The molecule has 0 aromatic rings. The van der Waals surface area contributed by atoms with Crippen LogP contribution in [0.2, 0.25) is 0 Å². The second-order valence-corrected chi connectivity index (χ2v) is 9.09. The van der Waals surface area contributed by atoms with Gasteiger partial charge in [-0.25, -0.2) is 0 Å². The Bertz CT molecular complexity index is 10.8. The number of hydrogen-bond donors (Lipinski definition) is 1. The van der Waals surface area contributed by atoms with Crippen molar-refractivity contribution in [2.75, 3.05) is 0 Å². The van der Waals surface area contributed by atoms with Crippen LogP contribution >= 0.6 is 11.1 Å². The summed E-state index contributed by atoms with van der Waals surface area (Å²) < 4.78 is 0. The van der Waals surface area contributed by atoms with Gasteiger partial charge in [0, 0.05) is 9.76 Å². The predicted octanol–water partition coefficient (Wildman–Crippen LogP) is -1.70. The molecule has 0 aliphatic heterocycles. The van der Waals surface area contributed by atoms with Crippen molar-refractivity contribution in [3.63, 3.8) is 0 Å². The largest absolute Gasteiger partial charge is 0.424 e. The second kappa shape index (κ2) is 1.96. The molecule has 0 saturated carbocycles. The third-order valence-corrected chi connectivity index (χ3v) is 0. The van der Waals surface area contributed by atoms with Crippen LogP contribution in [0.25, 0.3) is 0 Å². The highest BCUT2D eigenvalue weighted by Gasteiger charge is 1.79. The highest BCUT2D eigenvalue weighted by atomic mass is 35.6. The summed E-state index contributed by atoms with van der Waals surface area (Å²) in [6.07, 6.45) is 0. The fraction of sp³-hybridized carbons (Fsp3) is 0. The van der Waals surface area contributed by atoms with Crippen molar-refractivity contribution in [3.05, 3.63) is 0 Å². The van der Waals surface area contributed by atoms with Crippen LogP contribution in [0.1, 0.15) is 0 Å². The first-order valence-corrected chi connectivity index (χ1v) is 7.93. The average Bonchev–Trinajstić information content (AvgIpc) is 0.811. The zero-order valence-electron chi connectivity index (χ0n) is 2.40. The van der Waals surface area contributed by atoms with E-state index in [0.717, 1.165) is 9.76 Å². The van der Waals surface area contributed by atoms with Crippen LogP contribution in [0, 0.1) is 0 Å². The number of hydrogen-bond acceptors (Lipinski definition) is 1. The van der Waals surface area contributed by atoms with E-state index in [2.05, 4.69) is 0 Å². The lowest BCUT2D eigenvalue weighted by molar-refractivity contribution is 0.614. The molecule has 26 valence electrons. The molecule has 0 rings (SSSR count). The molecule has 0 aromatic carbocycles. The quantitative estimate of drug-likeness (QED) is 0.293. The molecule has 0 bridgehead atoms. The molecule has 0 fully saturated rings. The molecule has 1 N–H and O–H groups in total. The van der Waals surface area contributed by atoms with E-state index in [0.29, 0.717) is 0 Å². The Kier molecular flexibility index (Phi) is 2.29. The first-order valence-electron chi connectivity index (χ1n) is 1.05. The Balaban J connectivity index is 2.32. The lowest BCUT2D eigenvalue weighted by atomic mass is 15.9.